The normalized spacial score (nSPS) is 16.9. The molecule has 0 unspecified atom stereocenters. The zero-order valence-corrected chi connectivity index (χ0v) is 18.4. The molecule has 1 atom stereocenters. The fourth-order valence-electron chi connectivity index (χ4n) is 3.51. The van der Waals surface area contributed by atoms with Crippen LogP contribution in [0.25, 0.3) is 0 Å². The van der Waals surface area contributed by atoms with E-state index in [-0.39, 0.29) is 24.5 Å². The average molecular weight is 407 g/mol. The summed E-state index contributed by atoms with van der Waals surface area (Å²) in [5.74, 6) is -0.208. The van der Waals surface area contributed by atoms with Gasteiger partial charge in [-0.3, -0.25) is 9.59 Å². The molecule has 5 nitrogen and oxygen atoms in total. The Kier molecular flexibility index (Phi) is 15.1. The summed E-state index contributed by atoms with van der Waals surface area (Å²) in [5, 5.41) is 0. The minimum absolute atomic E-state index is 0.0205. The van der Waals surface area contributed by atoms with E-state index >= 15 is 0 Å². The van der Waals surface area contributed by atoms with Crippen LogP contribution in [0, 0.1) is 0 Å². The summed E-state index contributed by atoms with van der Waals surface area (Å²) in [7, 11) is 0. The third-order valence-electron chi connectivity index (χ3n) is 5.30. The van der Waals surface area contributed by atoms with Gasteiger partial charge in [-0.25, -0.2) is 0 Å². The van der Waals surface area contributed by atoms with Gasteiger partial charge in [0.2, 0.25) is 5.91 Å². The molecule has 1 aliphatic rings. The van der Waals surface area contributed by atoms with Gasteiger partial charge < -0.3 is 15.4 Å². The largest absolute Gasteiger partial charge is 0.460 e. The molecule has 1 heterocycles. The Morgan fingerprint density at radius 1 is 0.966 bits per heavy atom. The molecule has 0 aromatic rings. The van der Waals surface area contributed by atoms with E-state index in [0.29, 0.717) is 19.5 Å². The van der Waals surface area contributed by atoms with Gasteiger partial charge in [0.05, 0.1) is 13.1 Å². The van der Waals surface area contributed by atoms with E-state index in [9.17, 15) is 9.59 Å². The Morgan fingerprint density at radius 2 is 1.62 bits per heavy atom. The Labute approximate surface area is 177 Å². The molecule has 0 spiro atoms. The Balaban J connectivity index is 1.90. The van der Waals surface area contributed by atoms with Crippen LogP contribution in [0.4, 0.5) is 0 Å². The van der Waals surface area contributed by atoms with Crippen LogP contribution in [-0.2, 0) is 14.3 Å². The molecule has 29 heavy (non-hydrogen) atoms. The second-order valence-electron chi connectivity index (χ2n) is 7.93. The maximum atomic E-state index is 11.9. The topological polar surface area (TPSA) is 72.6 Å². The number of rotatable bonds is 16. The van der Waals surface area contributed by atoms with Crippen LogP contribution in [0.2, 0.25) is 0 Å². The van der Waals surface area contributed by atoms with E-state index in [1.54, 1.807) is 4.90 Å². The molecule has 1 amide bonds. The first-order valence-electron chi connectivity index (χ1n) is 11.6. The SMILES string of the molecule is CCCCC/C=C\C/C=C\CCCCCCCC(=O)O[C@H]1CCN(C(=O)CN)C1. The number of amides is 1. The molecular formula is C24H42N2O3. The molecule has 0 bridgehead atoms. The Bertz CT molecular complexity index is 502. The summed E-state index contributed by atoms with van der Waals surface area (Å²) in [4.78, 5) is 25.1. The van der Waals surface area contributed by atoms with E-state index < -0.39 is 0 Å². The minimum Gasteiger partial charge on any atom is -0.460 e. The van der Waals surface area contributed by atoms with Gasteiger partial charge in [-0.05, 0) is 38.5 Å². The predicted octanol–water partition coefficient (Wildman–Crippen LogP) is 4.90. The lowest BCUT2D eigenvalue weighted by molar-refractivity contribution is -0.149. The Hall–Kier alpha value is -1.62. The Morgan fingerprint density at radius 3 is 2.31 bits per heavy atom. The summed E-state index contributed by atoms with van der Waals surface area (Å²) in [6.45, 7) is 3.38. The molecule has 166 valence electrons. The summed E-state index contributed by atoms with van der Waals surface area (Å²) in [6.07, 6.45) is 23.0. The number of carbonyl (C=O) groups is 2. The van der Waals surface area contributed by atoms with Crippen molar-refractivity contribution in [1.82, 2.24) is 4.90 Å². The second-order valence-corrected chi connectivity index (χ2v) is 7.93. The molecule has 0 aromatic heterocycles. The molecule has 2 N–H and O–H groups in total. The molecule has 0 aliphatic carbocycles. The summed E-state index contributed by atoms with van der Waals surface area (Å²) < 4.78 is 5.47. The maximum Gasteiger partial charge on any atom is 0.306 e. The van der Waals surface area contributed by atoms with Gasteiger partial charge in [-0.15, -0.1) is 0 Å². The van der Waals surface area contributed by atoms with Crippen molar-refractivity contribution in [2.24, 2.45) is 5.73 Å². The second kappa shape index (κ2) is 17.3. The molecule has 5 heteroatoms. The highest BCUT2D eigenvalue weighted by Crippen LogP contribution is 2.15. The molecule has 1 fully saturated rings. The third-order valence-corrected chi connectivity index (χ3v) is 5.30. The van der Waals surface area contributed by atoms with Crippen molar-refractivity contribution in [2.45, 2.75) is 96.5 Å². The van der Waals surface area contributed by atoms with Crippen LogP contribution in [-0.4, -0.2) is 42.5 Å². The molecule has 0 aromatic carbocycles. The van der Waals surface area contributed by atoms with Crippen LogP contribution >= 0.6 is 0 Å². The number of nitrogens with two attached hydrogens (primary N) is 1. The number of likely N-dealkylation sites (tertiary alicyclic amines) is 1. The van der Waals surface area contributed by atoms with Crippen molar-refractivity contribution in [3.8, 4) is 0 Å². The molecule has 1 saturated heterocycles. The molecule has 1 aliphatic heterocycles. The zero-order valence-electron chi connectivity index (χ0n) is 18.4. The summed E-state index contributed by atoms with van der Waals surface area (Å²) in [5.41, 5.74) is 5.36. The number of unbranched alkanes of at least 4 members (excludes halogenated alkanes) is 8. The van der Waals surface area contributed by atoms with E-state index in [4.69, 9.17) is 10.5 Å². The van der Waals surface area contributed by atoms with E-state index in [1.165, 1.54) is 44.9 Å². The lowest BCUT2D eigenvalue weighted by atomic mass is 10.1. The minimum atomic E-state index is -0.157. The predicted molar refractivity (Wildman–Crippen MR) is 119 cm³/mol. The number of ether oxygens (including phenoxy) is 1. The van der Waals surface area contributed by atoms with Gasteiger partial charge >= 0.3 is 5.97 Å². The maximum absolute atomic E-state index is 11.9. The van der Waals surface area contributed by atoms with Gasteiger partial charge in [0.15, 0.2) is 0 Å². The molecule has 1 rings (SSSR count). The van der Waals surface area contributed by atoms with Crippen molar-refractivity contribution < 1.29 is 14.3 Å². The van der Waals surface area contributed by atoms with Crippen molar-refractivity contribution in [3.63, 3.8) is 0 Å². The van der Waals surface area contributed by atoms with E-state index in [2.05, 4.69) is 31.2 Å². The highest BCUT2D eigenvalue weighted by atomic mass is 16.5. The fourth-order valence-corrected chi connectivity index (χ4v) is 3.51. The van der Waals surface area contributed by atoms with Crippen LogP contribution in [0.15, 0.2) is 24.3 Å². The van der Waals surface area contributed by atoms with Gasteiger partial charge in [-0.2, -0.15) is 0 Å². The number of hydrogen-bond donors (Lipinski definition) is 1. The van der Waals surface area contributed by atoms with Gasteiger partial charge in [-0.1, -0.05) is 63.3 Å². The van der Waals surface area contributed by atoms with Crippen molar-refractivity contribution in [1.29, 1.82) is 0 Å². The summed E-state index contributed by atoms with van der Waals surface area (Å²) >= 11 is 0. The standard InChI is InChI=1S/C24H42N2O3/c1-2-3-4-5-6-7-8-9-10-11-12-13-14-15-16-17-24(28)29-22-18-19-26(21-22)23(27)20-25/h6-7,9-10,22H,2-5,8,11-21,25H2,1H3/b7-6-,10-9-/t22-/m0/s1. The van der Waals surface area contributed by atoms with Crippen LogP contribution in [0.5, 0.6) is 0 Å². The molecule has 0 radical (unpaired) electrons. The number of hydrogen-bond acceptors (Lipinski definition) is 4. The first-order valence-corrected chi connectivity index (χ1v) is 11.6. The first-order chi connectivity index (χ1) is 14.2. The number of nitrogens with zero attached hydrogens (tertiary/aromatic N) is 1. The smallest absolute Gasteiger partial charge is 0.306 e. The van der Waals surface area contributed by atoms with E-state index in [1.807, 2.05) is 0 Å². The van der Waals surface area contributed by atoms with Crippen molar-refractivity contribution in [2.75, 3.05) is 19.6 Å². The van der Waals surface area contributed by atoms with Crippen molar-refractivity contribution in [3.05, 3.63) is 24.3 Å². The summed E-state index contributed by atoms with van der Waals surface area (Å²) in [6, 6.07) is 0. The first kappa shape index (κ1) is 25.4. The van der Waals surface area contributed by atoms with Crippen LogP contribution in [0.3, 0.4) is 0 Å². The monoisotopic (exact) mass is 406 g/mol. The van der Waals surface area contributed by atoms with Gasteiger partial charge in [0, 0.05) is 19.4 Å². The van der Waals surface area contributed by atoms with Crippen LogP contribution < -0.4 is 5.73 Å². The average Bonchev–Trinajstić information content (AvgIpc) is 3.18. The van der Waals surface area contributed by atoms with E-state index in [0.717, 1.165) is 32.1 Å². The zero-order chi connectivity index (χ0) is 21.2. The van der Waals surface area contributed by atoms with Crippen LogP contribution in [0.1, 0.15) is 90.4 Å². The fraction of sp³-hybridized carbons (Fsp3) is 0.750. The van der Waals surface area contributed by atoms with Crippen molar-refractivity contribution >= 4 is 11.9 Å². The number of esters is 1. The van der Waals surface area contributed by atoms with Gasteiger partial charge in [0.1, 0.15) is 6.10 Å². The quantitative estimate of drug-likeness (QED) is 0.225. The van der Waals surface area contributed by atoms with Gasteiger partial charge in [0.25, 0.3) is 0 Å². The lowest BCUT2D eigenvalue weighted by Crippen LogP contribution is -2.35. The number of carbonyl (C=O) groups excluding carboxylic acids is 2. The molecule has 0 saturated carbocycles. The highest BCUT2D eigenvalue weighted by molar-refractivity contribution is 5.78. The lowest BCUT2D eigenvalue weighted by Gasteiger charge is -2.15. The molecular weight excluding hydrogens is 364 g/mol. The third kappa shape index (κ3) is 13.3. The number of allylic oxidation sites excluding steroid dienone is 4. The highest BCUT2D eigenvalue weighted by Gasteiger charge is 2.27.